The van der Waals surface area contributed by atoms with Crippen molar-refractivity contribution in [1.29, 1.82) is 0 Å². The Kier molecular flexibility index (Phi) is 10.6. The molecule has 9 rings (SSSR count). The molecule has 62 heavy (non-hydrogen) atoms. The van der Waals surface area contributed by atoms with Crippen molar-refractivity contribution >= 4 is 46.2 Å². The molecule has 0 radical (unpaired) electrons. The van der Waals surface area contributed by atoms with Gasteiger partial charge in [-0.05, 0) is 105 Å². The molecule has 3 heterocycles. The Bertz CT molecular complexity index is 2340. The molecule has 0 bridgehead atoms. The highest BCUT2D eigenvalue weighted by Gasteiger charge is 2.68. The van der Waals surface area contributed by atoms with Crippen molar-refractivity contribution in [3.63, 3.8) is 0 Å². The number of fused-ring (bicyclic) bond motifs is 7. The third kappa shape index (κ3) is 6.64. The van der Waals surface area contributed by atoms with E-state index in [1.54, 1.807) is 20.4 Å². The first-order valence-corrected chi connectivity index (χ1v) is 22.1. The number of pyridine rings is 1. The SMILES string of the molecule is COc1c(N2CC3CCCN(C(=O)OCOC(C)=O)C3C2)c(F)cc2c(=O)c(C(=O)OCC(=O)[C@]3(O)CC[C@@H]4[C@H]5CCC6=CC(=O)CC[C@@]6(C)[C@@H]5[C@H](O)C[C@]43C)cn(C3CC3)c12. The van der Waals surface area contributed by atoms with Crippen LogP contribution in [0.25, 0.3) is 10.9 Å². The lowest BCUT2D eigenvalue weighted by Crippen LogP contribution is -2.62. The van der Waals surface area contributed by atoms with Crippen LogP contribution < -0.4 is 15.1 Å². The summed E-state index contributed by atoms with van der Waals surface area (Å²) < 4.78 is 39.7. The summed E-state index contributed by atoms with van der Waals surface area (Å²) in [6.07, 6.45) is 8.09. The molecule has 5 aliphatic carbocycles. The number of likely N-dealkylation sites (tertiary alicyclic amines) is 1. The summed E-state index contributed by atoms with van der Waals surface area (Å²) in [5.41, 5.74) is -2.88. The molecule has 1 amide bonds. The van der Waals surface area contributed by atoms with Gasteiger partial charge in [0.05, 0.1) is 30.2 Å². The van der Waals surface area contributed by atoms with Crippen LogP contribution >= 0.6 is 0 Å². The molecule has 2 aromatic rings. The number of piperidine rings is 1. The number of carbonyl (C=O) groups excluding carboxylic acids is 5. The van der Waals surface area contributed by atoms with Gasteiger partial charge in [-0.1, -0.05) is 19.4 Å². The van der Waals surface area contributed by atoms with E-state index in [0.717, 1.165) is 43.7 Å². The molecular formula is C46H56FN3O12. The topological polar surface area (TPSA) is 191 Å². The fraction of sp³-hybridized carbons (Fsp3) is 0.652. The smallest absolute Gasteiger partial charge is 0.412 e. The first-order valence-electron chi connectivity index (χ1n) is 22.1. The van der Waals surface area contributed by atoms with Crippen molar-refractivity contribution < 1.29 is 57.5 Å². The van der Waals surface area contributed by atoms with E-state index in [9.17, 15) is 39.0 Å². The Balaban J connectivity index is 0.949. The summed E-state index contributed by atoms with van der Waals surface area (Å²) in [7, 11) is 1.39. The molecule has 16 heteroatoms. The van der Waals surface area contributed by atoms with Crippen LogP contribution in [0, 0.1) is 40.3 Å². The van der Waals surface area contributed by atoms with Crippen LogP contribution in [0.15, 0.2) is 28.7 Å². The number of anilines is 1. The number of aromatic nitrogens is 1. The molecule has 1 aromatic heterocycles. The predicted octanol–water partition coefficient (Wildman–Crippen LogP) is 5.00. The van der Waals surface area contributed by atoms with E-state index in [1.807, 2.05) is 6.92 Å². The minimum absolute atomic E-state index is 0.0166. The van der Waals surface area contributed by atoms with E-state index in [-0.39, 0.29) is 88.7 Å². The van der Waals surface area contributed by atoms with Crippen LogP contribution in [-0.4, -0.2) is 107 Å². The molecule has 2 N–H and O–H groups in total. The van der Waals surface area contributed by atoms with Crippen molar-refractivity contribution in [2.24, 2.45) is 34.5 Å². The minimum Gasteiger partial charge on any atom is -0.492 e. The highest BCUT2D eigenvalue weighted by molar-refractivity contribution is 5.99. The van der Waals surface area contributed by atoms with Crippen LogP contribution in [0.3, 0.4) is 0 Å². The van der Waals surface area contributed by atoms with Crippen LogP contribution in [-0.2, 0) is 28.6 Å². The highest BCUT2D eigenvalue weighted by atomic mass is 19.1. The maximum Gasteiger partial charge on any atom is 0.412 e. The molecule has 9 atom stereocenters. The number of esters is 2. The number of allylic oxidation sites excluding steroid dienone is 1. The molecule has 2 unspecified atom stereocenters. The van der Waals surface area contributed by atoms with E-state index in [0.29, 0.717) is 44.3 Å². The van der Waals surface area contributed by atoms with Gasteiger partial charge in [0.25, 0.3) is 0 Å². The number of hydrogen-bond acceptors (Lipinski definition) is 13. The number of rotatable bonds is 9. The number of halogens is 1. The van der Waals surface area contributed by atoms with E-state index >= 15 is 4.39 Å². The molecule has 2 aliphatic heterocycles. The van der Waals surface area contributed by atoms with Gasteiger partial charge in [-0.3, -0.25) is 19.2 Å². The molecular weight excluding hydrogens is 806 g/mol. The van der Waals surface area contributed by atoms with Crippen molar-refractivity contribution in [2.75, 3.05) is 45.0 Å². The number of ketones is 2. The third-order valence-electron chi connectivity index (χ3n) is 16.2. The van der Waals surface area contributed by atoms with Gasteiger partial charge in [0.1, 0.15) is 16.9 Å². The van der Waals surface area contributed by atoms with Crippen molar-refractivity contribution in [3.8, 4) is 5.75 Å². The quantitative estimate of drug-likeness (QED) is 0.253. The Labute approximate surface area is 358 Å². The van der Waals surface area contributed by atoms with E-state index < -0.39 is 65.6 Å². The lowest BCUT2D eigenvalue weighted by Gasteiger charge is -2.60. The molecule has 0 spiro atoms. The van der Waals surface area contributed by atoms with Crippen molar-refractivity contribution in [1.82, 2.24) is 9.47 Å². The van der Waals surface area contributed by atoms with Crippen LogP contribution in [0.1, 0.15) is 108 Å². The zero-order valence-electron chi connectivity index (χ0n) is 35.8. The monoisotopic (exact) mass is 861 g/mol. The lowest BCUT2D eigenvalue weighted by molar-refractivity contribution is -0.182. The number of aliphatic hydroxyl groups is 2. The number of amides is 1. The standard InChI is InChI=1S/C46H56FN3O12/c1-24(51)61-23-62-43(57)49-15-5-6-25-19-48(21-34(25)49)39-33(47)17-30-38(41(39)59-4)50(27-8-9-27)20-31(40(30)55)42(56)60-22-36(54)46(58)14-12-32-29-10-7-26-16-28(52)11-13-44(26,2)37(29)35(53)18-45(32,46)3/h16-17,20,25,27,29,32,34-35,37,53,58H,5-15,18-19,21-23H2,1-4H3/t25?,29-,32-,34?,35-,37+,44-,45-,46-/m1/s1. The van der Waals surface area contributed by atoms with E-state index in [1.165, 1.54) is 20.2 Å². The summed E-state index contributed by atoms with van der Waals surface area (Å²) in [6.45, 7) is 4.97. The van der Waals surface area contributed by atoms with Gasteiger partial charge >= 0.3 is 18.0 Å². The number of carbonyl (C=O) groups is 5. The molecule has 1 aromatic carbocycles. The van der Waals surface area contributed by atoms with Gasteiger partial charge in [0.15, 0.2) is 24.0 Å². The Morgan fingerprint density at radius 1 is 0.984 bits per heavy atom. The average Bonchev–Trinajstić information content (AvgIpc) is 3.92. The second-order valence-electron chi connectivity index (χ2n) is 19.4. The molecule has 2 saturated heterocycles. The number of benzene rings is 1. The second kappa shape index (κ2) is 15.5. The molecule has 7 aliphatic rings. The predicted molar refractivity (Wildman–Crippen MR) is 220 cm³/mol. The fourth-order valence-corrected chi connectivity index (χ4v) is 13.0. The summed E-state index contributed by atoms with van der Waals surface area (Å²) in [5, 5.41) is 23.9. The van der Waals surface area contributed by atoms with Crippen LogP contribution in [0.5, 0.6) is 5.75 Å². The van der Waals surface area contributed by atoms with Gasteiger partial charge < -0.3 is 43.5 Å². The van der Waals surface area contributed by atoms with E-state index in [4.69, 9.17) is 18.9 Å². The molecule has 334 valence electrons. The number of hydrogen-bond donors (Lipinski definition) is 2. The number of nitrogens with zero attached hydrogens (tertiary/aromatic N) is 3. The zero-order valence-corrected chi connectivity index (χ0v) is 35.8. The molecule has 6 fully saturated rings. The second-order valence-corrected chi connectivity index (χ2v) is 19.4. The normalized spacial score (nSPS) is 33.8. The largest absolute Gasteiger partial charge is 0.492 e. The van der Waals surface area contributed by atoms with Gasteiger partial charge in [-0.15, -0.1) is 0 Å². The summed E-state index contributed by atoms with van der Waals surface area (Å²) in [6, 6.07) is 0.659. The van der Waals surface area contributed by atoms with Crippen LogP contribution in [0.2, 0.25) is 0 Å². The minimum atomic E-state index is -1.89. The van der Waals surface area contributed by atoms with Crippen molar-refractivity contribution in [3.05, 3.63) is 45.5 Å². The van der Waals surface area contributed by atoms with Gasteiger partial charge in [-0.2, -0.15) is 0 Å². The maximum absolute atomic E-state index is 16.5. The third-order valence-corrected chi connectivity index (χ3v) is 16.2. The first kappa shape index (κ1) is 42.5. The number of methoxy groups -OCH3 is 1. The zero-order chi connectivity index (χ0) is 44.0. The average molecular weight is 862 g/mol. The lowest BCUT2D eigenvalue weighted by atomic mass is 9.45. The van der Waals surface area contributed by atoms with Crippen LogP contribution in [0.4, 0.5) is 14.9 Å². The summed E-state index contributed by atoms with van der Waals surface area (Å²) >= 11 is 0. The number of ether oxygens (including phenoxy) is 4. The Morgan fingerprint density at radius 2 is 1.76 bits per heavy atom. The van der Waals surface area contributed by atoms with Gasteiger partial charge in [0, 0.05) is 50.6 Å². The first-order chi connectivity index (χ1) is 29.5. The molecule has 4 saturated carbocycles. The summed E-state index contributed by atoms with van der Waals surface area (Å²) in [5.74, 6) is -3.04. The van der Waals surface area contributed by atoms with Gasteiger partial charge in [0.2, 0.25) is 18.0 Å². The Morgan fingerprint density at radius 3 is 2.48 bits per heavy atom. The van der Waals surface area contributed by atoms with E-state index in [2.05, 4.69) is 6.92 Å². The number of aliphatic hydroxyl groups excluding tert-OH is 1. The number of Topliss-reactive ketones (excluding diaryl/α,β-unsaturated/α-hetero) is 1. The van der Waals surface area contributed by atoms with Crippen molar-refractivity contribution in [2.45, 2.75) is 115 Å². The Hall–Kier alpha value is -4.83. The van der Waals surface area contributed by atoms with Gasteiger partial charge in [-0.25, -0.2) is 14.0 Å². The molecule has 15 nitrogen and oxygen atoms in total. The highest BCUT2D eigenvalue weighted by Crippen LogP contribution is 2.67. The summed E-state index contributed by atoms with van der Waals surface area (Å²) in [4.78, 5) is 82.0. The maximum atomic E-state index is 16.5. The fourth-order valence-electron chi connectivity index (χ4n) is 13.0.